The zero-order valence-electron chi connectivity index (χ0n) is 15.9. The zero-order chi connectivity index (χ0) is 18.6. The van der Waals surface area contributed by atoms with Crippen LogP contribution >= 0.6 is 12.2 Å². The fourth-order valence-electron chi connectivity index (χ4n) is 4.21. The molecule has 3 nitrogen and oxygen atoms in total. The lowest BCUT2D eigenvalue weighted by Crippen LogP contribution is -2.44. The summed E-state index contributed by atoms with van der Waals surface area (Å²) >= 11 is 5.94. The highest BCUT2D eigenvalue weighted by Crippen LogP contribution is 2.34. The molecule has 0 saturated heterocycles. The van der Waals surface area contributed by atoms with E-state index >= 15 is 0 Å². The van der Waals surface area contributed by atoms with Gasteiger partial charge in [-0.15, -0.1) is 0 Å². The molecule has 0 amide bonds. The molecule has 27 heavy (non-hydrogen) atoms. The summed E-state index contributed by atoms with van der Waals surface area (Å²) in [6.07, 6.45) is 7.30. The fraction of sp³-hybridized carbons (Fsp3) is 0.391. The van der Waals surface area contributed by atoms with E-state index in [0.717, 1.165) is 17.2 Å². The van der Waals surface area contributed by atoms with Gasteiger partial charge in [-0.1, -0.05) is 79.9 Å². The van der Waals surface area contributed by atoms with Gasteiger partial charge in [0.1, 0.15) is 0 Å². The molecule has 140 valence electrons. The van der Waals surface area contributed by atoms with E-state index in [1.54, 1.807) is 0 Å². The van der Waals surface area contributed by atoms with E-state index in [1.807, 2.05) is 6.07 Å². The van der Waals surface area contributed by atoms with Gasteiger partial charge in [0.25, 0.3) is 0 Å². The maximum atomic E-state index is 5.94. The Bertz CT molecular complexity index is 797. The van der Waals surface area contributed by atoms with Crippen molar-refractivity contribution in [2.24, 2.45) is 5.10 Å². The number of hydrogen-bond acceptors (Lipinski definition) is 2. The maximum absolute atomic E-state index is 5.94. The van der Waals surface area contributed by atoms with Crippen LogP contribution in [0.15, 0.2) is 65.8 Å². The minimum absolute atomic E-state index is 0.167. The molecule has 0 N–H and O–H groups in total. The highest BCUT2D eigenvalue weighted by atomic mass is 32.1. The molecule has 2 aliphatic rings. The van der Waals surface area contributed by atoms with E-state index in [2.05, 4.69) is 71.6 Å². The van der Waals surface area contributed by atoms with Gasteiger partial charge < -0.3 is 4.90 Å². The van der Waals surface area contributed by atoms with Gasteiger partial charge in [0.2, 0.25) is 0 Å². The largest absolute Gasteiger partial charge is 0.348 e. The number of benzene rings is 2. The van der Waals surface area contributed by atoms with Crippen LogP contribution in [0.5, 0.6) is 0 Å². The van der Waals surface area contributed by atoms with Crippen molar-refractivity contribution in [1.82, 2.24) is 9.91 Å². The monoisotopic (exact) mass is 377 g/mol. The second-order valence-corrected chi connectivity index (χ2v) is 7.94. The number of thiocarbonyl (C=S) groups is 1. The highest BCUT2D eigenvalue weighted by molar-refractivity contribution is 7.80. The van der Waals surface area contributed by atoms with Crippen molar-refractivity contribution in [2.75, 3.05) is 7.05 Å². The minimum atomic E-state index is 0.167. The third kappa shape index (κ3) is 3.91. The van der Waals surface area contributed by atoms with E-state index in [1.165, 1.54) is 43.2 Å². The summed E-state index contributed by atoms with van der Waals surface area (Å²) in [6, 6.07) is 21.8. The first-order chi connectivity index (χ1) is 13.2. The van der Waals surface area contributed by atoms with Crippen LogP contribution in [-0.2, 0) is 0 Å². The average Bonchev–Trinajstić information content (AvgIpc) is 3.20. The topological polar surface area (TPSA) is 18.8 Å². The number of nitrogens with zero attached hydrogens (tertiary/aromatic N) is 3. The standard InChI is InChI=1S/C23H27N3S/c1-25(20-15-9-4-10-16-20)23(27)26-22(19-13-7-3-8-14-19)17-21(24-26)18-11-5-2-6-12-18/h2-3,5-8,11-14,20,22H,4,9-10,15-17H2,1H3. The van der Waals surface area contributed by atoms with Crippen LogP contribution in [0.2, 0.25) is 0 Å². The van der Waals surface area contributed by atoms with Crippen molar-refractivity contribution in [2.45, 2.75) is 50.6 Å². The molecular formula is C23H27N3S. The van der Waals surface area contributed by atoms with Gasteiger partial charge in [-0.05, 0) is 36.2 Å². The molecule has 2 aromatic carbocycles. The summed E-state index contributed by atoms with van der Waals surface area (Å²) < 4.78 is 0. The Morgan fingerprint density at radius 2 is 1.59 bits per heavy atom. The quantitative estimate of drug-likeness (QED) is 0.669. The zero-order valence-corrected chi connectivity index (χ0v) is 16.7. The van der Waals surface area contributed by atoms with Gasteiger partial charge in [0, 0.05) is 19.5 Å². The first kappa shape index (κ1) is 18.2. The van der Waals surface area contributed by atoms with E-state index in [0.29, 0.717) is 6.04 Å². The van der Waals surface area contributed by atoms with Crippen molar-refractivity contribution < 1.29 is 0 Å². The number of hydrazone groups is 1. The van der Waals surface area contributed by atoms with Gasteiger partial charge in [-0.2, -0.15) is 5.10 Å². The Morgan fingerprint density at radius 3 is 2.26 bits per heavy atom. The number of rotatable bonds is 3. The highest BCUT2D eigenvalue weighted by Gasteiger charge is 2.34. The van der Waals surface area contributed by atoms with Crippen molar-refractivity contribution in [3.8, 4) is 0 Å². The molecule has 1 fully saturated rings. The molecule has 0 radical (unpaired) electrons. The third-order valence-electron chi connectivity index (χ3n) is 5.82. The van der Waals surface area contributed by atoms with Crippen molar-refractivity contribution in [3.05, 3.63) is 71.8 Å². The Morgan fingerprint density at radius 1 is 0.963 bits per heavy atom. The Hall–Kier alpha value is -2.20. The number of hydrogen-bond donors (Lipinski definition) is 0. The van der Waals surface area contributed by atoms with Crippen LogP contribution in [0.4, 0.5) is 0 Å². The lowest BCUT2D eigenvalue weighted by Gasteiger charge is -2.37. The van der Waals surface area contributed by atoms with E-state index in [9.17, 15) is 0 Å². The molecule has 1 saturated carbocycles. The minimum Gasteiger partial charge on any atom is -0.348 e. The molecule has 4 rings (SSSR count). The molecule has 1 atom stereocenters. The molecule has 1 heterocycles. The summed E-state index contributed by atoms with van der Waals surface area (Å²) in [7, 11) is 2.15. The third-order valence-corrected chi connectivity index (χ3v) is 6.30. The average molecular weight is 378 g/mol. The molecule has 1 unspecified atom stereocenters. The second kappa shape index (κ2) is 8.22. The molecular weight excluding hydrogens is 350 g/mol. The molecule has 0 aromatic heterocycles. The van der Waals surface area contributed by atoms with E-state index in [4.69, 9.17) is 17.3 Å². The molecule has 0 bridgehead atoms. The summed E-state index contributed by atoms with van der Waals surface area (Å²) in [6.45, 7) is 0. The first-order valence-electron chi connectivity index (χ1n) is 9.98. The van der Waals surface area contributed by atoms with E-state index in [-0.39, 0.29) is 6.04 Å². The Labute approximate surface area is 167 Å². The van der Waals surface area contributed by atoms with Gasteiger partial charge in [-0.25, -0.2) is 5.01 Å². The van der Waals surface area contributed by atoms with Crippen LogP contribution in [0.25, 0.3) is 0 Å². The van der Waals surface area contributed by atoms with Crippen molar-refractivity contribution in [1.29, 1.82) is 0 Å². The van der Waals surface area contributed by atoms with E-state index < -0.39 is 0 Å². The Kier molecular flexibility index (Phi) is 5.53. The molecule has 1 aliphatic carbocycles. The predicted octanol–water partition coefficient (Wildman–Crippen LogP) is 5.39. The van der Waals surface area contributed by atoms with Crippen LogP contribution < -0.4 is 0 Å². The van der Waals surface area contributed by atoms with Crippen LogP contribution in [0, 0.1) is 0 Å². The van der Waals surface area contributed by atoms with Crippen LogP contribution in [0.3, 0.4) is 0 Å². The van der Waals surface area contributed by atoms with Gasteiger partial charge >= 0.3 is 0 Å². The second-order valence-electron chi connectivity index (χ2n) is 7.57. The maximum Gasteiger partial charge on any atom is 0.192 e. The van der Waals surface area contributed by atoms with Gasteiger partial charge in [0.05, 0.1) is 11.8 Å². The molecule has 2 aromatic rings. The van der Waals surface area contributed by atoms with Gasteiger partial charge in [0.15, 0.2) is 5.11 Å². The smallest absolute Gasteiger partial charge is 0.192 e. The molecule has 1 aliphatic heterocycles. The van der Waals surface area contributed by atoms with Crippen LogP contribution in [0.1, 0.15) is 55.7 Å². The molecule has 4 heteroatoms. The van der Waals surface area contributed by atoms with Crippen molar-refractivity contribution >= 4 is 23.0 Å². The SMILES string of the molecule is CN(C(=S)N1N=C(c2ccccc2)CC1c1ccccc1)C1CCCCC1. The van der Waals surface area contributed by atoms with Gasteiger partial charge in [-0.3, -0.25) is 0 Å². The summed E-state index contributed by atoms with van der Waals surface area (Å²) in [4.78, 5) is 2.29. The predicted molar refractivity (Wildman–Crippen MR) is 116 cm³/mol. The lowest BCUT2D eigenvalue weighted by atomic mass is 9.94. The van der Waals surface area contributed by atoms with Crippen molar-refractivity contribution in [3.63, 3.8) is 0 Å². The normalized spacial score (nSPS) is 20.4. The lowest BCUT2D eigenvalue weighted by molar-refractivity contribution is 0.238. The first-order valence-corrected chi connectivity index (χ1v) is 10.4. The Balaban J connectivity index is 1.62. The fourth-order valence-corrected chi connectivity index (χ4v) is 4.53. The summed E-state index contributed by atoms with van der Waals surface area (Å²) in [5.74, 6) is 0. The van der Waals surface area contributed by atoms with Crippen LogP contribution in [-0.4, -0.2) is 33.8 Å². The molecule has 0 spiro atoms. The summed E-state index contributed by atoms with van der Waals surface area (Å²) in [5, 5.41) is 7.93. The summed E-state index contributed by atoms with van der Waals surface area (Å²) in [5.41, 5.74) is 3.57.